The first kappa shape index (κ1) is 14.4. The minimum absolute atomic E-state index is 0.0263. The first-order chi connectivity index (χ1) is 8.93. The Balaban J connectivity index is 2.22. The number of thiophene rings is 1. The fraction of sp³-hybridized carbons (Fsp3) is 0.545. The van der Waals surface area contributed by atoms with Crippen molar-refractivity contribution in [3.8, 4) is 0 Å². The van der Waals surface area contributed by atoms with E-state index in [1.165, 1.54) is 16.4 Å². The second-order valence-electron chi connectivity index (χ2n) is 4.43. The Morgan fingerprint density at radius 2 is 2.05 bits per heavy atom. The molecule has 2 heterocycles. The lowest BCUT2D eigenvalue weighted by Crippen LogP contribution is -2.43. The minimum atomic E-state index is -3.59. The third-order valence-corrected chi connectivity index (χ3v) is 6.70. The van der Waals surface area contributed by atoms with Crippen molar-refractivity contribution in [3.63, 3.8) is 0 Å². The summed E-state index contributed by atoms with van der Waals surface area (Å²) in [7, 11) is -2.03. The number of nitrogens with zero attached hydrogens (tertiary/aromatic N) is 1. The number of hydrogen-bond donors (Lipinski definition) is 2. The Morgan fingerprint density at radius 3 is 2.58 bits per heavy atom. The van der Waals surface area contributed by atoms with E-state index in [0.717, 1.165) is 37.3 Å². The zero-order valence-corrected chi connectivity index (χ0v) is 12.1. The van der Waals surface area contributed by atoms with Gasteiger partial charge in [0.1, 0.15) is 9.09 Å². The van der Waals surface area contributed by atoms with E-state index in [1.54, 1.807) is 7.05 Å². The molecule has 106 valence electrons. The van der Waals surface area contributed by atoms with Gasteiger partial charge in [0.25, 0.3) is 10.0 Å². The Labute approximate surface area is 116 Å². The van der Waals surface area contributed by atoms with Crippen LogP contribution in [-0.2, 0) is 10.0 Å². The average molecular weight is 304 g/mol. The fourth-order valence-electron chi connectivity index (χ4n) is 2.08. The smallest absolute Gasteiger partial charge is 0.345 e. The summed E-state index contributed by atoms with van der Waals surface area (Å²) in [5.74, 6) is -1.10. The van der Waals surface area contributed by atoms with Crippen LogP contribution in [0.15, 0.2) is 16.3 Å². The van der Waals surface area contributed by atoms with Crippen molar-refractivity contribution in [3.05, 3.63) is 17.0 Å². The van der Waals surface area contributed by atoms with Crippen LogP contribution in [0, 0.1) is 0 Å². The number of carboxylic acids is 1. The molecule has 1 aliphatic heterocycles. The van der Waals surface area contributed by atoms with Gasteiger partial charge in [-0.3, -0.25) is 0 Å². The molecule has 0 spiro atoms. The summed E-state index contributed by atoms with van der Waals surface area (Å²) >= 11 is 0.795. The Morgan fingerprint density at radius 1 is 1.42 bits per heavy atom. The van der Waals surface area contributed by atoms with Gasteiger partial charge in [-0.05, 0) is 38.1 Å². The van der Waals surface area contributed by atoms with E-state index in [9.17, 15) is 13.2 Å². The van der Waals surface area contributed by atoms with Crippen molar-refractivity contribution in [1.29, 1.82) is 0 Å². The molecule has 1 aliphatic rings. The van der Waals surface area contributed by atoms with Gasteiger partial charge >= 0.3 is 5.97 Å². The Kier molecular flexibility index (Phi) is 4.24. The number of carbonyl (C=O) groups is 1. The second kappa shape index (κ2) is 5.58. The molecule has 1 aromatic heterocycles. The van der Waals surface area contributed by atoms with E-state index in [-0.39, 0.29) is 15.1 Å². The van der Waals surface area contributed by atoms with Gasteiger partial charge in [-0.1, -0.05) is 0 Å². The zero-order valence-electron chi connectivity index (χ0n) is 10.5. The zero-order chi connectivity index (χ0) is 14.0. The van der Waals surface area contributed by atoms with Gasteiger partial charge in [0, 0.05) is 13.1 Å². The van der Waals surface area contributed by atoms with Crippen LogP contribution >= 0.6 is 11.3 Å². The molecule has 1 fully saturated rings. The quantitative estimate of drug-likeness (QED) is 0.860. The molecule has 0 radical (unpaired) electrons. The van der Waals surface area contributed by atoms with Crippen LogP contribution in [0.2, 0.25) is 0 Å². The fourth-order valence-corrected chi connectivity index (χ4v) is 4.83. The van der Waals surface area contributed by atoms with Gasteiger partial charge < -0.3 is 10.4 Å². The van der Waals surface area contributed by atoms with E-state index in [2.05, 4.69) is 5.32 Å². The van der Waals surface area contributed by atoms with Crippen molar-refractivity contribution in [1.82, 2.24) is 9.62 Å². The predicted molar refractivity (Wildman–Crippen MR) is 72.1 cm³/mol. The molecule has 8 heteroatoms. The molecule has 0 aliphatic carbocycles. The third kappa shape index (κ3) is 2.97. The molecule has 0 atom stereocenters. The van der Waals surface area contributed by atoms with E-state index >= 15 is 0 Å². The number of hydrogen-bond acceptors (Lipinski definition) is 5. The van der Waals surface area contributed by atoms with Crippen LogP contribution in [0.4, 0.5) is 0 Å². The highest BCUT2D eigenvalue weighted by molar-refractivity contribution is 7.91. The van der Waals surface area contributed by atoms with Crippen LogP contribution in [0.3, 0.4) is 0 Å². The molecule has 2 rings (SSSR count). The van der Waals surface area contributed by atoms with Crippen LogP contribution in [0.1, 0.15) is 22.5 Å². The Hall–Kier alpha value is -0.960. The molecular formula is C11H16N2O4S2. The number of carboxylic acid groups (broad SMARTS) is 1. The first-order valence-corrected chi connectivity index (χ1v) is 8.20. The van der Waals surface area contributed by atoms with E-state index in [4.69, 9.17) is 5.11 Å². The summed E-state index contributed by atoms with van der Waals surface area (Å²) in [4.78, 5) is 10.8. The molecular weight excluding hydrogens is 288 g/mol. The van der Waals surface area contributed by atoms with Crippen LogP contribution in [0.5, 0.6) is 0 Å². The van der Waals surface area contributed by atoms with Gasteiger partial charge in [-0.25, -0.2) is 13.2 Å². The van der Waals surface area contributed by atoms with Crippen molar-refractivity contribution < 1.29 is 18.3 Å². The van der Waals surface area contributed by atoms with Gasteiger partial charge in [0.15, 0.2) is 0 Å². The average Bonchev–Trinajstić information content (AvgIpc) is 2.89. The molecule has 0 aromatic carbocycles. The van der Waals surface area contributed by atoms with E-state index in [0.29, 0.717) is 0 Å². The lowest BCUT2D eigenvalue weighted by atomic mass is 10.1. The standard InChI is InChI=1S/C11H16N2O4S2/c1-13(8-4-6-12-7-5-8)19(16,17)10-3-2-9(18-10)11(14)15/h2-3,8,12H,4-7H2,1H3,(H,14,15). The largest absolute Gasteiger partial charge is 0.477 e. The van der Waals surface area contributed by atoms with Gasteiger partial charge in [0.2, 0.25) is 0 Å². The summed E-state index contributed by atoms with van der Waals surface area (Å²) in [6, 6.07) is 2.67. The first-order valence-electron chi connectivity index (χ1n) is 5.95. The highest BCUT2D eigenvalue weighted by Gasteiger charge is 2.30. The summed E-state index contributed by atoms with van der Waals surface area (Å²) < 4.78 is 26.2. The highest BCUT2D eigenvalue weighted by Crippen LogP contribution is 2.27. The maximum atomic E-state index is 12.4. The van der Waals surface area contributed by atoms with E-state index < -0.39 is 16.0 Å². The normalized spacial score (nSPS) is 17.8. The van der Waals surface area contributed by atoms with Crippen LogP contribution in [0.25, 0.3) is 0 Å². The summed E-state index contributed by atoms with van der Waals surface area (Å²) in [5.41, 5.74) is 0. The topological polar surface area (TPSA) is 86.7 Å². The van der Waals surface area contributed by atoms with Crippen molar-refractivity contribution in [2.75, 3.05) is 20.1 Å². The summed E-state index contributed by atoms with van der Waals surface area (Å²) in [6.45, 7) is 1.60. The number of rotatable bonds is 4. The van der Waals surface area contributed by atoms with Crippen molar-refractivity contribution >= 4 is 27.3 Å². The molecule has 0 bridgehead atoms. The Bertz CT molecular complexity index is 561. The SMILES string of the molecule is CN(C1CCNCC1)S(=O)(=O)c1ccc(C(=O)O)s1. The lowest BCUT2D eigenvalue weighted by molar-refractivity contribution is 0.0702. The monoisotopic (exact) mass is 304 g/mol. The lowest BCUT2D eigenvalue weighted by Gasteiger charge is -2.30. The van der Waals surface area contributed by atoms with Gasteiger partial charge in [0.05, 0.1) is 0 Å². The third-order valence-electron chi connectivity index (χ3n) is 3.25. The van der Waals surface area contributed by atoms with Gasteiger partial charge in [-0.15, -0.1) is 11.3 Å². The second-order valence-corrected chi connectivity index (χ2v) is 7.73. The van der Waals surface area contributed by atoms with Crippen LogP contribution in [-0.4, -0.2) is 50.0 Å². The molecule has 0 amide bonds. The molecule has 6 nitrogen and oxygen atoms in total. The molecule has 2 N–H and O–H groups in total. The molecule has 0 unspecified atom stereocenters. The van der Waals surface area contributed by atoms with Crippen molar-refractivity contribution in [2.45, 2.75) is 23.1 Å². The number of piperidine rings is 1. The molecule has 1 aromatic rings. The highest BCUT2D eigenvalue weighted by atomic mass is 32.2. The minimum Gasteiger partial charge on any atom is -0.477 e. The predicted octanol–water partition coefficient (Wildman–Crippen LogP) is 0.819. The molecule has 0 saturated carbocycles. The summed E-state index contributed by atoms with van der Waals surface area (Å²) in [6.07, 6.45) is 1.54. The number of nitrogens with one attached hydrogen (secondary N) is 1. The number of sulfonamides is 1. The van der Waals surface area contributed by atoms with Crippen LogP contribution < -0.4 is 5.32 Å². The summed E-state index contributed by atoms with van der Waals surface area (Å²) in [5, 5.41) is 12.0. The van der Waals surface area contributed by atoms with Crippen molar-refractivity contribution in [2.24, 2.45) is 0 Å². The molecule has 1 saturated heterocycles. The maximum absolute atomic E-state index is 12.4. The number of aromatic carboxylic acids is 1. The molecule has 19 heavy (non-hydrogen) atoms. The van der Waals surface area contributed by atoms with E-state index in [1.807, 2.05) is 0 Å². The maximum Gasteiger partial charge on any atom is 0.345 e. The van der Waals surface area contributed by atoms with Gasteiger partial charge in [-0.2, -0.15) is 4.31 Å².